The Morgan fingerprint density at radius 2 is 1.23 bits per heavy atom. The highest BCUT2D eigenvalue weighted by molar-refractivity contribution is 5.76. The van der Waals surface area contributed by atoms with Crippen molar-refractivity contribution in [2.24, 2.45) is 0 Å². The molecule has 0 unspecified atom stereocenters. The number of unbranched alkanes of at least 4 members (excludes halogenated alkanes) is 2. The van der Waals surface area contributed by atoms with E-state index in [1.165, 1.54) is 51.9 Å². The summed E-state index contributed by atoms with van der Waals surface area (Å²) in [4.78, 5) is 31.6. The van der Waals surface area contributed by atoms with Crippen LogP contribution >= 0.6 is 0 Å². The SMILES string of the molecule is COC(=O)CCCCC(=O)N(CCCCN(CCCNc1c(C)cc(C)cc1C)c1c(C)cc(C)cc1C)Cc1ccc(N(C)C)cc1. The lowest BCUT2D eigenvalue weighted by atomic mass is 10.0. The van der Waals surface area contributed by atoms with Crippen LogP contribution < -0.4 is 15.1 Å². The molecule has 0 heterocycles. The molecule has 0 radical (unpaired) electrons. The third-order valence-electron chi connectivity index (χ3n) is 9.07. The number of anilines is 3. The Balaban J connectivity index is 1.66. The van der Waals surface area contributed by atoms with Gasteiger partial charge in [-0.25, -0.2) is 0 Å². The lowest BCUT2D eigenvalue weighted by molar-refractivity contribution is -0.141. The summed E-state index contributed by atoms with van der Waals surface area (Å²) in [6, 6.07) is 17.5. The maximum Gasteiger partial charge on any atom is 0.305 e. The average Bonchev–Trinajstić information content (AvgIpc) is 3.02. The minimum atomic E-state index is -0.222. The molecule has 0 saturated heterocycles. The summed E-state index contributed by atoms with van der Waals surface area (Å²) in [7, 11) is 5.47. The molecule has 1 amide bonds. The number of esters is 1. The molecule has 7 nitrogen and oxygen atoms in total. The van der Waals surface area contributed by atoms with Gasteiger partial charge in [-0.15, -0.1) is 0 Å². The van der Waals surface area contributed by atoms with Gasteiger partial charge in [-0.1, -0.05) is 47.5 Å². The summed E-state index contributed by atoms with van der Waals surface area (Å²) in [6.45, 7) is 17.2. The monoisotopic (exact) mass is 656 g/mol. The van der Waals surface area contributed by atoms with Crippen LogP contribution in [0.4, 0.5) is 17.1 Å². The van der Waals surface area contributed by atoms with Crippen molar-refractivity contribution in [2.75, 3.05) is 62.5 Å². The van der Waals surface area contributed by atoms with E-state index in [1.807, 2.05) is 19.0 Å². The predicted molar refractivity (Wildman–Crippen MR) is 203 cm³/mol. The minimum Gasteiger partial charge on any atom is -0.469 e. The fourth-order valence-electron chi connectivity index (χ4n) is 6.77. The van der Waals surface area contributed by atoms with Crippen molar-refractivity contribution in [3.63, 3.8) is 0 Å². The zero-order valence-electron chi connectivity index (χ0n) is 31.2. The summed E-state index contributed by atoms with van der Waals surface area (Å²) >= 11 is 0. The van der Waals surface area contributed by atoms with E-state index < -0.39 is 0 Å². The number of benzene rings is 3. The van der Waals surface area contributed by atoms with Crippen molar-refractivity contribution in [3.8, 4) is 0 Å². The molecule has 7 heteroatoms. The molecule has 48 heavy (non-hydrogen) atoms. The molecule has 0 spiro atoms. The second-order valence-corrected chi connectivity index (χ2v) is 13.7. The number of aryl methyl sites for hydroxylation is 6. The maximum atomic E-state index is 13.4. The van der Waals surface area contributed by atoms with Gasteiger partial charge in [0.2, 0.25) is 5.91 Å². The van der Waals surface area contributed by atoms with Gasteiger partial charge < -0.3 is 24.8 Å². The standard InChI is InChI=1S/C41H60N4O3/c1-30-25-32(3)40(33(4)26-30)42-21-14-24-44(41-34(5)27-31(2)28-35(41)6)22-12-13-23-45(38(46)15-10-11-16-39(47)48-9)29-36-17-19-37(20-18-36)43(7)8/h17-20,25-28,42H,10-16,21-24,29H2,1-9H3. The molecule has 0 fully saturated rings. The van der Waals surface area contributed by atoms with Gasteiger partial charge in [-0.05, 0) is 114 Å². The number of methoxy groups -OCH3 is 1. The van der Waals surface area contributed by atoms with E-state index in [0.29, 0.717) is 38.8 Å². The maximum absolute atomic E-state index is 13.4. The molecule has 1 N–H and O–H groups in total. The van der Waals surface area contributed by atoms with E-state index in [9.17, 15) is 9.59 Å². The number of amides is 1. The summed E-state index contributed by atoms with van der Waals surface area (Å²) in [5.74, 6) is -0.0774. The third kappa shape index (κ3) is 11.9. The Hall–Kier alpha value is -4.00. The van der Waals surface area contributed by atoms with Crippen LogP contribution in [0.5, 0.6) is 0 Å². The van der Waals surface area contributed by atoms with E-state index in [-0.39, 0.29) is 11.9 Å². The van der Waals surface area contributed by atoms with Gasteiger partial charge in [0.1, 0.15) is 0 Å². The number of nitrogens with zero attached hydrogens (tertiary/aromatic N) is 3. The molecular formula is C41H60N4O3. The van der Waals surface area contributed by atoms with Crippen LogP contribution in [0.25, 0.3) is 0 Å². The minimum absolute atomic E-state index is 0.145. The van der Waals surface area contributed by atoms with E-state index in [0.717, 1.165) is 50.1 Å². The van der Waals surface area contributed by atoms with Crippen molar-refractivity contribution >= 4 is 28.9 Å². The Bertz CT molecular complexity index is 1440. The molecule has 3 rings (SSSR count). The van der Waals surface area contributed by atoms with Crippen LogP contribution in [0.2, 0.25) is 0 Å². The number of carbonyl (C=O) groups is 2. The van der Waals surface area contributed by atoms with E-state index in [1.54, 1.807) is 0 Å². The lowest BCUT2D eigenvalue weighted by Gasteiger charge is -2.30. The number of carbonyl (C=O) groups excluding carboxylic acids is 2. The third-order valence-corrected chi connectivity index (χ3v) is 9.07. The van der Waals surface area contributed by atoms with Crippen molar-refractivity contribution in [1.82, 2.24) is 4.90 Å². The lowest BCUT2D eigenvalue weighted by Crippen LogP contribution is -2.33. The zero-order valence-corrected chi connectivity index (χ0v) is 31.2. The quantitative estimate of drug-likeness (QED) is 0.103. The molecule has 0 bridgehead atoms. The molecule has 0 aliphatic carbocycles. The number of hydrogen-bond donors (Lipinski definition) is 1. The first kappa shape index (κ1) is 38.4. The van der Waals surface area contributed by atoms with Crippen LogP contribution in [0.15, 0.2) is 48.5 Å². The van der Waals surface area contributed by atoms with Crippen LogP contribution in [0, 0.1) is 41.5 Å². The molecule has 0 aromatic heterocycles. The second-order valence-electron chi connectivity index (χ2n) is 13.7. The van der Waals surface area contributed by atoms with Gasteiger partial charge in [0.25, 0.3) is 0 Å². The normalized spacial score (nSPS) is 10.9. The predicted octanol–water partition coefficient (Wildman–Crippen LogP) is 8.45. The smallest absolute Gasteiger partial charge is 0.305 e. The van der Waals surface area contributed by atoms with Gasteiger partial charge in [0.05, 0.1) is 7.11 Å². The van der Waals surface area contributed by atoms with Gasteiger partial charge in [-0.3, -0.25) is 9.59 Å². The Morgan fingerprint density at radius 1 is 0.688 bits per heavy atom. The highest BCUT2D eigenvalue weighted by Gasteiger charge is 2.17. The molecule has 3 aromatic rings. The van der Waals surface area contributed by atoms with Crippen LogP contribution in [0.1, 0.15) is 83.9 Å². The summed E-state index contributed by atoms with van der Waals surface area (Å²) < 4.78 is 4.77. The van der Waals surface area contributed by atoms with E-state index >= 15 is 0 Å². The zero-order chi connectivity index (χ0) is 35.2. The van der Waals surface area contributed by atoms with Crippen LogP contribution in [-0.2, 0) is 20.9 Å². The van der Waals surface area contributed by atoms with Gasteiger partial charge in [-0.2, -0.15) is 0 Å². The molecule has 0 atom stereocenters. The Kier molecular flexibility index (Phi) is 15.3. The van der Waals surface area contributed by atoms with Crippen molar-refractivity contribution in [1.29, 1.82) is 0 Å². The van der Waals surface area contributed by atoms with Crippen molar-refractivity contribution < 1.29 is 14.3 Å². The van der Waals surface area contributed by atoms with Gasteiger partial charge in [0.15, 0.2) is 0 Å². The molecule has 262 valence electrons. The topological polar surface area (TPSA) is 65.1 Å². The largest absolute Gasteiger partial charge is 0.469 e. The van der Waals surface area contributed by atoms with E-state index in [4.69, 9.17) is 4.74 Å². The van der Waals surface area contributed by atoms with Crippen LogP contribution in [0.3, 0.4) is 0 Å². The highest BCUT2D eigenvalue weighted by Crippen LogP contribution is 2.28. The highest BCUT2D eigenvalue weighted by atomic mass is 16.5. The number of ether oxygens (including phenoxy) is 1. The van der Waals surface area contributed by atoms with Crippen LogP contribution in [-0.4, -0.2) is 64.2 Å². The Morgan fingerprint density at radius 3 is 1.81 bits per heavy atom. The molecule has 0 saturated carbocycles. The Labute approximate surface area is 290 Å². The number of hydrogen-bond acceptors (Lipinski definition) is 6. The summed E-state index contributed by atoms with van der Waals surface area (Å²) in [6.07, 6.45) is 5.06. The van der Waals surface area contributed by atoms with Gasteiger partial charge in [0, 0.05) is 76.7 Å². The van der Waals surface area contributed by atoms with E-state index in [2.05, 4.69) is 105 Å². The first-order chi connectivity index (χ1) is 22.9. The fraction of sp³-hybridized carbons (Fsp3) is 0.512. The first-order valence-corrected chi connectivity index (χ1v) is 17.6. The number of rotatable bonds is 19. The summed E-state index contributed by atoms with van der Waals surface area (Å²) in [5.41, 5.74) is 12.7. The fourth-order valence-corrected chi connectivity index (χ4v) is 6.77. The second kappa shape index (κ2) is 19.1. The van der Waals surface area contributed by atoms with Gasteiger partial charge >= 0.3 is 5.97 Å². The summed E-state index contributed by atoms with van der Waals surface area (Å²) in [5, 5.41) is 3.71. The average molecular weight is 657 g/mol. The van der Waals surface area contributed by atoms with Crippen molar-refractivity contribution in [3.05, 3.63) is 87.5 Å². The molecular weight excluding hydrogens is 596 g/mol. The first-order valence-electron chi connectivity index (χ1n) is 17.6. The molecule has 0 aliphatic heterocycles. The molecule has 3 aromatic carbocycles. The number of nitrogens with one attached hydrogen (secondary N) is 1. The molecule has 0 aliphatic rings. The van der Waals surface area contributed by atoms with Crippen molar-refractivity contribution in [2.45, 2.75) is 93.0 Å².